The molecule has 1 aromatic carbocycles. The van der Waals surface area contributed by atoms with Crippen molar-refractivity contribution in [2.45, 2.75) is 96.8 Å². The Morgan fingerprint density at radius 2 is 1.29 bits per heavy atom. The van der Waals surface area contributed by atoms with Gasteiger partial charge in [0.15, 0.2) is 0 Å². The van der Waals surface area contributed by atoms with E-state index in [1.807, 2.05) is 0 Å². The lowest BCUT2D eigenvalue weighted by Gasteiger charge is -2.05. The Hall–Kier alpha value is -2.44. The normalized spacial score (nSPS) is 10.6. The fourth-order valence-corrected chi connectivity index (χ4v) is 3.20. The topological polar surface area (TPSA) is 95.7 Å². The molecule has 0 aliphatic rings. The Morgan fingerprint density at radius 1 is 0.774 bits per heavy atom. The van der Waals surface area contributed by atoms with Gasteiger partial charge in [0.25, 0.3) is 5.69 Å². The van der Waals surface area contributed by atoms with Crippen molar-refractivity contribution in [3.63, 3.8) is 0 Å². The first kappa shape index (κ1) is 26.6. The molecule has 0 saturated carbocycles. The number of carbonyl (C=O) groups excluding carboxylic acids is 2. The number of nitrogens with zero attached hydrogens (tertiary/aromatic N) is 1. The standard InChI is InChI=1S/C24H37NO6/c1-2-3-4-5-10-13-20-30-23(26)14-11-8-6-7-9-12-15-24(27)31-22-18-16-21(17-19-22)25(28)29/h16-19H,2-15,20H2,1H3. The lowest BCUT2D eigenvalue weighted by atomic mass is 10.1. The summed E-state index contributed by atoms with van der Waals surface area (Å²) in [6.07, 6.45) is 13.5. The van der Waals surface area contributed by atoms with Gasteiger partial charge >= 0.3 is 11.9 Å². The van der Waals surface area contributed by atoms with Gasteiger partial charge in [-0.2, -0.15) is 0 Å². The van der Waals surface area contributed by atoms with E-state index in [2.05, 4.69) is 6.92 Å². The van der Waals surface area contributed by atoms with E-state index in [1.165, 1.54) is 49.9 Å². The molecule has 31 heavy (non-hydrogen) atoms. The van der Waals surface area contributed by atoms with Crippen LogP contribution >= 0.6 is 0 Å². The second kappa shape index (κ2) is 17.3. The molecule has 0 unspecified atom stereocenters. The molecule has 7 nitrogen and oxygen atoms in total. The van der Waals surface area contributed by atoms with E-state index in [4.69, 9.17) is 9.47 Å². The number of nitro benzene ring substituents is 1. The molecule has 0 aliphatic carbocycles. The van der Waals surface area contributed by atoms with E-state index in [1.54, 1.807) is 0 Å². The third-order valence-electron chi connectivity index (χ3n) is 5.05. The highest BCUT2D eigenvalue weighted by atomic mass is 16.6. The minimum Gasteiger partial charge on any atom is -0.466 e. The highest BCUT2D eigenvalue weighted by Crippen LogP contribution is 2.18. The Bertz CT molecular complexity index is 644. The number of carbonyl (C=O) groups is 2. The summed E-state index contributed by atoms with van der Waals surface area (Å²) in [5, 5.41) is 10.6. The van der Waals surface area contributed by atoms with Crippen molar-refractivity contribution in [2.75, 3.05) is 6.61 Å². The van der Waals surface area contributed by atoms with Gasteiger partial charge in [0.1, 0.15) is 5.75 Å². The van der Waals surface area contributed by atoms with Crippen molar-refractivity contribution in [2.24, 2.45) is 0 Å². The maximum absolute atomic E-state index is 11.8. The molecular formula is C24H37NO6. The van der Waals surface area contributed by atoms with Gasteiger partial charge in [0.05, 0.1) is 11.5 Å². The zero-order valence-electron chi connectivity index (χ0n) is 18.8. The summed E-state index contributed by atoms with van der Waals surface area (Å²) in [5.74, 6) is -0.108. The number of hydrogen-bond acceptors (Lipinski definition) is 6. The number of ether oxygens (including phenoxy) is 2. The molecule has 0 spiro atoms. The van der Waals surface area contributed by atoms with Crippen molar-refractivity contribution >= 4 is 17.6 Å². The molecule has 0 heterocycles. The largest absolute Gasteiger partial charge is 0.466 e. The first-order chi connectivity index (χ1) is 15.0. The summed E-state index contributed by atoms with van der Waals surface area (Å²) in [4.78, 5) is 33.6. The molecule has 0 aliphatic heterocycles. The maximum atomic E-state index is 11.8. The third kappa shape index (κ3) is 14.2. The molecule has 0 radical (unpaired) electrons. The summed E-state index contributed by atoms with van der Waals surface area (Å²) in [5.41, 5.74) is -0.0362. The quantitative estimate of drug-likeness (QED) is 0.0855. The van der Waals surface area contributed by atoms with Gasteiger partial charge in [0.2, 0.25) is 0 Å². The summed E-state index contributed by atoms with van der Waals surface area (Å²) < 4.78 is 10.4. The number of nitro groups is 1. The molecule has 0 N–H and O–H groups in total. The van der Waals surface area contributed by atoms with Crippen molar-refractivity contribution in [3.05, 3.63) is 34.4 Å². The van der Waals surface area contributed by atoms with E-state index in [9.17, 15) is 19.7 Å². The zero-order valence-corrected chi connectivity index (χ0v) is 18.8. The van der Waals surface area contributed by atoms with E-state index >= 15 is 0 Å². The van der Waals surface area contributed by atoms with Gasteiger partial charge in [-0.1, -0.05) is 64.7 Å². The van der Waals surface area contributed by atoms with Crippen molar-refractivity contribution in [3.8, 4) is 5.75 Å². The van der Waals surface area contributed by atoms with Gasteiger partial charge in [-0.15, -0.1) is 0 Å². The van der Waals surface area contributed by atoms with E-state index in [0.717, 1.165) is 51.4 Å². The fourth-order valence-electron chi connectivity index (χ4n) is 3.20. The van der Waals surface area contributed by atoms with Crippen LogP contribution in [0.2, 0.25) is 0 Å². The van der Waals surface area contributed by atoms with E-state index in [-0.39, 0.29) is 17.6 Å². The number of rotatable bonds is 18. The summed E-state index contributed by atoms with van der Waals surface area (Å²) in [7, 11) is 0. The number of non-ortho nitro benzene ring substituents is 1. The number of hydrogen-bond donors (Lipinski definition) is 0. The molecule has 0 bridgehead atoms. The van der Waals surface area contributed by atoms with Gasteiger partial charge in [-0.3, -0.25) is 19.7 Å². The van der Waals surface area contributed by atoms with Gasteiger partial charge in [-0.25, -0.2) is 0 Å². The Kier molecular flexibility index (Phi) is 14.8. The van der Waals surface area contributed by atoms with Gasteiger partial charge < -0.3 is 9.47 Å². The lowest BCUT2D eigenvalue weighted by molar-refractivity contribution is -0.384. The maximum Gasteiger partial charge on any atom is 0.311 e. The van der Waals surface area contributed by atoms with Crippen LogP contribution < -0.4 is 4.74 Å². The lowest BCUT2D eigenvalue weighted by Crippen LogP contribution is -2.07. The first-order valence-electron chi connectivity index (χ1n) is 11.6. The van der Waals surface area contributed by atoms with Crippen LogP contribution in [-0.4, -0.2) is 23.5 Å². The van der Waals surface area contributed by atoms with Crippen LogP contribution in [0.1, 0.15) is 96.8 Å². The summed E-state index contributed by atoms with van der Waals surface area (Å²) in [6.45, 7) is 2.74. The Balaban J connectivity index is 1.93. The third-order valence-corrected chi connectivity index (χ3v) is 5.05. The second-order valence-corrected chi connectivity index (χ2v) is 7.83. The smallest absolute Gasteiger partial charge is 0.311 e. The molecule has 7 heteroatoms. The van der Waals surface area contributed by atoms with E-state index in [0.29, 0.717) is 25.2 Å². The average Bonchev–Trinajstić information content (AvgIpc) is 2.75. The molecule has 174 valence electrons. The average molecular weight is 436 g/mol. The molecule has 0 saturated heterocycles. The molecule has 0 amide bonds. The van der Waals surface area contributed by atoms with Crippen LogP contribution in [0.3, 0.4) is 0 Å². The predicted molar refractivity (Wildman–Crippen MR) is 120 cm³/mol. The number of esters is 2. The van der Waals surface area contributed by atoms with Crippen LogP contribution in [0.15, 0.2) is 24.3 Å². The van der Waals surface area contributed by atoms with Crippen molar-refractivity contribution in [1.82, 2.24) is 0 Å². The number of benzene rings is 1. The molecule has 0 aromatic heterocycles. The van der Waals surface area contributed by atoms with Crippen LogP contribution in [-0.2, 0) is 14.3 Å². The van der Waals surface area contributed by atoms with Gasteiger partial charge in [0, 0.05) is 25.0 Å². The summed E-state index contributed by atoms with van der Waals surface area (Å²) >= 11 is 0. The Morgan fingerprint density at radius 3 is 1.87 bits per heavy atom. The molecule has 0 fully saturated rings. The highest BCUT2D eigenvalue weighted by molar-refractivity contribution is 5.72. The molecular weight excluding hydrogens is 398 g/mol. The van der Waals surface area contributed by atoms with Crippen molar-refractivity contribution in [1.29, 1.82) is 0 Å². The minimum absolute atomic E-state index is 0.0362. The predicted octanol–water partition coefficient (Wildman–Crippen LogP) is 6.52. The monoisotopic (exact) mass is 435 g/mol. The minimum atomic E-state index is -0.495. The van der Waals surface area contributed by atoms with Crippen LogP contribution in [0.4, 0.5) is 5.69 Å². The van der Waals surface area contributed by atoms with Crippen molar-refractivity contribution < 1.29 is 24.0 Å². The van der Waals surface area contributed by atoms with Crippen LogP contribution in [0.25, 0.3) is 0 Å². The number of unbranched alkanes of at least 4 members (excludes halogenated alkanes) is 10. The molecule has 1 rings (SSSR count). The summed E-state index contributed by atoms with van der Waals surface area (Å²) in [6, 6.07) is 5.48. The zero-order chi connectivity index (χ0) is 22.7. The molecule has 0 atom stereocenters. The van der Waals surface area contributed by atoms with E-state index < -0.39 is 4.92 Å². The molecule has 1 aromatic rings. The van der Waals surface area contributed by atoms with Gasteiger partial charge in [-0.05, 0) is 31.4 Å². The fraction of sp³-hybridized carbons (Fsp3) is 0.667. The highest BCUT2D eigenvalue weighted by Gasteiger charge is 2.08. The second-order valence-electron chi connectivity index (χ2n) is 7.83. The SMILES string of the molecule is CCCCCCCCOC(=O)CCCCCCCCC(=O)Oc1ccc([N+](=O)[O-])cc1. The Labute approximate surface area is 185 Å². The van der Waals surface area contributed by atoms with Crippen LogP contribution in [0.5, 0.6) is 5.75 Å². The van der Waals surface area contributed by atoms with Crippen LogP contribution in [0, 0.1) is 10.1 Å². The first-order valence-corrected chi connectivity index (χ1v) is 11.6.